The van der Waals surface area contributed by atoms with Crippen molar-refractivity contribution < 1.29 is 36.5 Å². The van der Waals surface area contributed by atoms with Crippen LogP contribution in [-0.2, 0) is 21.9 Å². The van der Waals surface area contributed by atoms with E-state index in [9.17, 15) is 20.0 Å². The summed E-state index contributed by atoms with van der Waals surface area (Å²) < 4.78 is 0.556. The van der Waals surface area contributed by atoms with Gasteiger partial charge in [-0.2, -0.15) is 4.73 Å². The number of allylic oxidation sites excluding steroid dienone is 2. The van der Waals surface area contributed by atoms with Crippen LogP contribution in [0.4, 0.5) is 0 Å². The van der Waals surface area contributed by atoms with Gasteiger partial charge < -0.3 is 10.3 Å². The molecule has 2 heterocycles. The van der Waals surface area contributed by atoms with Crippen LogP contribution in [0, 0.1) is 10.1 Å². The molecule has 2 rings (SSSR count). The molecule has 0 bridgehead atoms. The minimum atomic E-state index is -0.521. The number of aromatic nitrogens is 1. The summed E-state index contributed by atoms with van der Waals surface area (Å²) in [6.45, 7) is 0. The van der Waals surface area contributed by atoms with E-state index in [-0.39, 0.29) is 26.6 Å². The van der Waals surface area contributed by atoms with Crippen molar-refractivity contribution in [3.63, 3.8) is 0 Å². The van der Waals surface area contributed by atoms with Crippen LogP contribution >= 0.6 is 0 Å². The third kappa shape index (κ3) is 5.05. The average molecular weight is 284 g/mol. The molecule has 0 N–H and O–H groups in total. The molecule has 17 heavy (non-hydrogen) atoms. The summed E-state index contributed by atoms with van der Waals surface area (Å²) in [4.78, 5) is 20.5. The van der Waals surface area contributed by atoms with Crippen molar-refractivity contribution in [2.45, 2.75) is 0 Å². The number of hydrogen-bond donors (Lipinski definition) is 0. The van der Waals surface area contributed by atoms with Gasteiger partial charge >= 0.3 is 5.91 Å². The van der Waals surface area contributed by atoms with Gasteiger partial charge in [0.05, 0.1) is 6.08 Å². The van der Waals surface area contributed by atoms with Gasteiger partial charge in [-0.25, -0.2) is 4.79 Å². The molecule has 1 aliphatic rings. The smallest absolute Gasteiger partial charge is 0.464 e. The Morgan fingerprint density at radius 2 is 1.88 bits per heavy atom. The zero-order chi connectivity index (χ0) is 12.0. The minimum Gasteiger partial charge on any atom is -0.822 e. The van der Waals surface area contributed by atoms with E-state index in [4.69, 9.17) is 0 Å². The zero-order valence-electron chi connectivity index (χ0n) is 8.45. The van der Waals surface area contributed by atoms with Gasteiger partial charge in [-0.15, -0.1) is 0 Å². The van der Waals surface area contributed by atoms with Crippen LogP contribution < -0.4 is 9.84 Å². The molecule has 0 saturated carbocycles. The number of nitroso groups, excluding NO2 is 1. The second-order valence-electron chi connectivity index (χ2n) is 2.73. The summed E-state index contributed by atoms with van der Waals surface area (Å²) in [6.07, 6.45) is 6.59. The SMILES string of the molecule is O=C1C=CC=C[N+]1=O.[Cu].[O-]c1cccc[n+]1[O-]. The Hall–Kier alpha value is -1.98. The van der Waals surface area contributed by atoms with Crippen LogP contribution in [0.2, 0.25) is 0 Å². The second-order valence-corrected chi connectivity index (χ2v) is 2.73. The molecule has 1 aromatic heterocycles. The van der Waals surface area contributed by atoms with Crippen molar-refractivity contribution in [3.8, 4) is 5.88 Å². The molecule has 0 saturated heterocycles. The predicted octanol–water partition coefficient (Wildman–Crippen LogP) is -0.234. The molecule has 7 heteroatoms. The van der Waals surface area contributed by atoms with Crippen LogP contribution in [0.3, 0.4) is 0 Å². The van der Waals surface area contributed by atoms with E-state index in [0.717, 1.165) is 0 Å². The molecule has 93 valence electrons. The Morgan fingerprint density at radius 3 is 2.24 bits per heavy atom. The Kier molecular flexibility index (Phi) is 6.47. The number of nitrogens with zero attached hydrogens (tertiary/aromatic N) is 2. The zero-order valence-corrected chi connectivity index (χ0v) is 9.39. The Morgan fingerprint density at radius 1 is 1.18 bits per heavy atom. The summed E-state index contributed by atoms with van der Waals surface area (Å²) >= 11 is 0. The van der Waals surface area contributed by atoms with Gasteiger partial charge in [-0.3, -0.25) is 0 Å². The van der Waals surface area contributed by atoms with Gasteiger partial charge in [0, 0.05) is 34.1 Å². The number of carbonyl (C=O) groups excluding carboxylic acids is 1. The van der Waals surface area contributed by atoms with E-state index < -0.39 is 11.8 Å². The maximum absolute atomic E-state index is 10.3. The van der Waals surface area contributed by atoms with Crippen molar-refractivity contribution in [1.29, 1.82) is 0 Å². The molecule has 0 atom stereocenters. The van der Waals surface area contributed by atoms with Gasteiger partial charge in [0.25, 0.3) is 0 Å². The molecular formula is C10H8CuN2O4. The Balaban J connectivity index is 0.000000284. The monoisotopic (exact) mass is 283 g/mol. The number of hydrogen-bond acceptors (Lipinski definition) is 4. The normalized spacial score (nSPS) is 12.5. The molecule has 1 radical (unpaired) electrons. The molecule has 0 fully saturated rings. The minimum absolute atomic E-state index is 0. The van der Waals surface area contributed by atoms with E-state index in [2.05, 4.69) is 0 Å². The predicted molar refractivity (Wildman–Crippen MR) is 51.8 cm³/mol. The quantitative estimate of drug-likeness (QED) is 0.374. The second kappa shape index (κ2) is 7.32. The first-order chi connectivity index (χ1) is 7.61. The first-order valence-corrected chi connectivity index (χ1v) is 4.31. The fourth-order valence-electron chi connectivity index (χ4n) is 0.825. The van der Waals surface area contributed by atoms with E-state index in [1.165, 1.54) is 48.8 Å². The molecule has 1 aromatic rings. The van der Waals surface area contributed by atoms with Crippen LogP contribution in [-0.4, -0.2) is 10.7 Å². The molecule has 0 aliphatic carbocycles. The summed E-state index contributed by atoms with van der Waals surface area (Å²) in [5.74, 6) is -1.04. The average Bonchev–Trinajstić information content (AvgIpc) is 2.28. The van der Waals surface area contributed by atoms with E-state index in [1.807, 2.05) is 0 Å². The molecule has 1 amide bonds. The van der Waals surface area contributed by atoms with Gasteiger partial charge in [0.2, 0.25) is 6.20 Å². The summed E-state index contributed by atoms with van der Waals surface area (Å²) in [6, 6.07) is 4.25. The van der Waals surface area contributed by atoms with Crippen molar-refractivity contribution >= 4 is 5.91 Å². The largest absolute Gasteiger partial charge is 0.822 e. The summed E-state index contributed by atoms with van der Waals surface area (Å²) in [5, 5.41) is 20.5. The standard InChI is InChI=1S/C5H5NO2.C5H4NO2.Cu/c2*7-5-3-1-2-4-6(5)8;/h1-4,7H;1-4H;/q;+1;/p-1. The van der Waals surface area contributed by atoms with Crippen molar-refractivity contribution in [2.24, 2.45) is 0 Å². The third-order valence-corrected chi connectivity index (χ3v) is 1.58. The molecule has 0 spiro atoms. The van der Waals surface area contributed by atoms with Crippen molar-refractivity contribution in [2.75, 3.05) is 0 Å². The maximum Gasteiger partial charge on any atom is 0.464 e. The van der Waals surface area contributed by atoms with E-state index >= 15 is 0 Å². The van der Waals surface area contributed by atoms with Crippen LogP contribution in [0.25, 0.3) is 0 Å². The first-order valence-electron chi connectivity index (χ1n) is 4.31. The van der Waals surface area contributed by atoms with Gasteiger partial charge in [-0.1, -0.05) is 6.07 Å². The van der Waals surface area contributed by atoms with E-state index in [0.29, 0.717) is 0 Å². The van der Waals surface area contributed by atoms with Crippen LogP contribution in [0.5, 0.6) is 5.88 Å². The fourth-order valence-corrected chi connectivity index (χ4v) is 0.825. The van der Waals surface area contributed by atoms with Crippen molar-refractivity contribution in [3.05, 3.63) is 58.9 Å². The number of amides is 1. The molecular weight excluding hydrogens is 276 g/mol. The van der Waals surface area contributed by atoms with Crippen molar-refractivity contribution in [1.82, 2.24) is 0 Å². The van der Waals surface area contributed by atoms with Gasteiger partial charge in [0.15, 0.2) is 12.1 Å². The summed E-state index contributed by atoms with van der Waals surface area (Å²) in [7, 11) is 0. The first kappa shape index (κ1) is 15.0. The molecule has 0 unspecified atom stereocenters. The van der Waals surface area contributed by atoms with Gasteiger partial charge in [-0.05, 0) is 12.1 Å². The third-order valence-electron chi connectivity index (χ3n) is 1.58. The number of rotatable bonds is 0. The van der Waals surface area contributed by atoms with E-state index in [1.54, 1.807) is 0 Å². The topological polar surface area (TPSA) is 87.1 Å². The summed E-state index contributed by atoms with van der Waals surface area (Å²) in [5.41, 5.74) is 0. The number of carbonyl (C=O) groups is 1. The Bertz CT molecular complexity index is 428. The Labute approximate surface area is 108 Å². The number of pyridine rings is 1. The molecule has 6 nitrogen and oxygen atoms in total. The molecule has 0 aromatic carbocycles. The molecule has 1 aliphatic heterocycles. The van der Waals surface area contributed by atoms with Crippen LogP contribution in [0.1, 0.15) is 0 Å². The fraction of sp³-hybridized carbons (Fsp3) is 0. The van der Waals surface area contributed by atoms with Gasteiger partial charge in [0.1, 0.15) is 4.76 Å². The maximum atomic E-state index is 10.3. The van der Waals surface area contributed by atoms with Crippen LogP contribution in [0.15, 0.2) is 48.8 Å².